The summed E-state index contributed by atoms with van der Waals surface area (Å²) in [4.78, 5) is 41.2. The standard InChI is InChI=1S/C12H16N4O3/c17-10-4-8(14-12(19)15-10)11(18)16-3-1-2-7-5-13-6-9(7)16/h4,7,9,13H,1-3,5-6H2,(H2,14,15,17,19). The smallest absolute Gasteiger partial charge is 0.326 e. The van der Waals surface area contributed by atoms with Crippen molar-refractivity contribution in [2.45, 2.75) is 18.9 Å². The van der Waals surface area contributed by atoms with Gasteiger partial charge in [0.15, 0.2) is 0 Å². The maximum Gasteiger partial charge on any atom is 0.326 e. The number of carbonyl (C=O) groups excluding carboxylic acids is 1. The lowest BCUT2D eigenvalue weighted by Crippen LogP contribution is -2.49. The van der Waals surface area contributed by atoms with E-state index in [4.69, 9.17) is 0 Å². The van der Waals surface area contributed by atoms with Crippen LogP contribution in [0.5, 0.6) is 0 Å². The van der Waals surface area contributed by atoms with E-state index in [1.165, 1.54) is 0 Å². The van der Waals surface area contributed by atoms with Gasteiger partial charge in [0, 0.05) is 31.7 Å². The molecule has 0 aliphatic carbocycles. The molecule has 102 valence electrons. The van der Waals surface area contributed by atoms with E-state index in [0.29, 0.717) is 12.5 Å². The van der Waals surface area contributed by atoms with Crippen molar-refractivity contribution >= 4 is 5.91 Å². The number of fused-ring (bicyclic) bond motifs is 1. The summed E-state index contributed by atoms with van der Waals surface area (Å²) in [6.45, 7) is 2.39. The predicted molar refractivity (Wildman–Crippen MR) is 68.1 cm³/mol. The van der Waals surface area contributed by atoms with Crippen LogP contribution in [0.15, 0.2) is 15.7 Å². The highest BCUT2D eigenvalue weighted by Crippen LogP contribution is 2.27. The highest BCUT2D eigenvalue weighted by atomic mass is 16.2. The Bertz CT molecular complexity index is 577. The molecule has 7 heteroatoms. The Labute approximate surface area is 109 Å². The zero-order chi connectivity index (χ0) is 13.4. The maximum absolute atomic E-state index is 12.4. The summed E-state index contributed by atoms with van der Waals surface area (Å²) in [6, 6.07) is 1.32. The van der Waals surface area contributed by atoms with Gasteiger partial charge in [-0.3, -0.25) is 14.6 Å². The number of aromatic nitrogens is 2. The molecule has 7 nitrogen and oxygen atoms in total. The summed E-state index contributed by atoms with van der Waals surface area (Å²) >= 11 is 0. The number of likely N-dealkylation sites (tertiary alicyclic amines) is 1. The maximum atomic E-state index is 12.4. The Hall–Kier alpha value is -1.89. The van der Waals surface area contributed by atoms with Crippen LogP contribution in [0.4, 0.5) is 0 Å². The third-order valence-electron chi connectivity index (χ3n) is 3.93. The first-order valence-electron chi connectivity index (χ1n) is 6.50. The molecule has 0 bridgehead atoms. The number of piperidine rings is 1. The van der Waals surface area contributed by atoms with E-state index in [1.807, 2.05) is 0 Å². The van der Waals surface area contributed by atoms with Gasteiger partial charge in [-0.25, -0.2) is 4.79 Å². The molecule has 2 aliphatic heterocycles. The highest BCUT2D eigenvalue weighted by Gasteiger charge is 2.37. The van der Waals surface area contributed by atoms with Gasteiger partial charge in [0.2, 0.25) is 0 Å². The first-order chi connectivity index (χ1) is 9.15. The van der Waals surface area contributed by atoms with Crippen molar-refractivity contribution in [3.63, 3.8) is 0 Å². The van der Waals surface area contributed by atoms with E-state index in [0.717, 1.165) is 32.0 Å². The Kier molecular flexibility index (Phi) is 2.98. The van der Waals surface area contributed by atoms with Gasteiger partial charge in [-0.1, -0.05) is 0 Å². The summed E-state index contributed by atoms with van der Waals surface area (Å²) in [5.41, 5.74) is -1.12. The summed E-state index contributed by atoms with van der Waals surface area (Å²) in [7, 11) is 0. The van der Waals surface area contributed by atoms with Crippen molar-refractivity contribution < 1.29 is 4.79 Å². The van der Waals surface area contributed by atoms with Crippen LogP contribution in [0.2, 0.25) is 0 Å². The van der Waals surface area contributed by atoms with Gasteiger partial charge >= 0.3 is 5.69 Å². The molecule has 0 spiro atoms. The molecule has 3 heterocycles. The fraction of sp³-hybridized carbons (Fsp3) is 0.583. The minimum Gasteiger partial charge on any atom is -0.333 e. The van der Waals surface area contributed by atoms with Crippen LogP contribution in [-0.4, -0.2) is 46.5 Å². The summed E-state index contributed by atoms with van der Waals surface area (Å²) < 4.78 is 0. The zero-order valence-corrected chi connectivity index (χ0v) is 10.4. The fourth-order valence-electron chi connectivity index (χ4n) is 3.06. The molecule has 0 saturated carbocycles. The van der Waals surface area contributed by atoms with Gasteiger partial charge in [-0.05, 0) is 18.8 Å². The Balaban J connectivity index is 1.90. The summed E-state index contributed by atoms with van der Waals surface area (Å²) in [5.74, 6) is 0.216. The first kappa shape index (κ1) is 12.2. The number of H-pyrrole nitrogens is 2. The van der Waals surface area contributed by atoms with E-state index in [2.05, 4.69) is 15.3 Å². The molecule has 2 saturated heterocycles. The Morgan fingerprint density at radius 3 is 2.89 bits per heavy atom. The van der Waals surface area contributed by atoms with Crippen molar-refractivity contribution in [2.75, 3.05) is 19.6 Å². The van der Waals surface area contributed by atoms with Crippen molar-refractivity contribution in [1.29, 1.82) is 0 Å². The number of nitrogens with one attached hydrogen (secondary N) is 3. The molecule has 0 aromatic carbocycles. The third-order valence-corrected chi connectivity index (χ3v) is 3.93. The Morgan fingerprint density at radius 2 is 2.11 bits per heavy atom. The van der Waals surface area contributed by atoms with Gasteiger partial charge in [0.1, 0.15) is 5.69 Å². The van der Waals surface area contributed by atoms with Crippen LogP contribution in [0.3, 0.4) is 0 Å². The van der Waals surface area contributed by atoms with Crippen molar-refractivity contribution in [1.82, 2.24) is 20.2 Å². The largest absolute Gasteiger partial charge is 0.333 e. The van der Waals surface area contributed by atoms with E-state index in [-0.39, 0.29) is 17.6 Å². The van der Waals surface area contributed by atoms with Crippen molar-refractivity contribution in [3.05, 3.63) is 32.6 Å². The number of amides is 1. The molecule has 1 aromatic heterocycles. The van der Waals surface area contributed by atoms with E-state index >= 15 is 0 Å². The molecule has 2 fully saturated rings. The first-order valence-corrected chi connectivity index (χ1v) is 6.50. The molecule has 2 atom stereocenters. The molecule has 3 rings (SSSR count). The molecule has 0 radical (unpaired) electrons. The highest BCUT2D eigenvalue weighted by molar-refractivity contribution is 5.92. The molecular weight excluding hydrogens is 248 g/mol. The number of aromatic amines is 2. The lowest BCUT2D eigenvalue weighted by atomic mass is 9.92. The number of rotatable bonds is 1. The fourth-order valence-corrected chi connectivity index (χ4v) is 3.06. The second-order valence-electron chi connectivity index (χ2n) is 5.13. The van der Waals surface area contributed by atoms with Crippen LogP contribution in [0.25, 0.3) is 0 Å². The van der Waals surface area contributed by atoms with Crippen LogP contribution in [0, 0.1) is 5.92 Å². The minimum atomic E-state index is -0.644. The number of carbonyl (C=O) groups is 1. The predicted octanol–water partition coefficient (Wildman–Crippen LogP) is -1.11. The molecular formula is C12H16N4O3. The Morgan fingerprint density at radius 1 is 1.26 bits per heavy atom. The van der Waals surface area contributed by atoms with Gasteiger partial charge in [-0.15, -0.1) is 0 Å². The SMILES string of the molecule is O=C(c1cc(=O)[nH]c(=O)[nH]1)N1CCCC2CNCC21. The van der Waals surface area contributed by atoms with Gasteiger partial charge in [-0.2, -0.15) is 0 Å². The third kappa shape index (κ3) is 2.21. The number of nitrogens with zero attached hydrogens (tertiary/aromatic N) is 1. The monoisotopic (exact) mass is 264 g/mol. The van der Waals surface area contributed by atoms with Crippen LogP contribution >= 0.6 is 0 Å². The molecule has 1 amide bonds. The van der Waals surface area contributed by atoms with E-state index in [9.17, 15) is 14.4 Å². The molecule has 2 aliphatic rings. The molecule has 19 heavy (non-hydrogen) atoms. The molecule has 3 N–H and O–H groups in total. The number of hydrogen-bond donors (Lipinski definition) is 3. The quantitative estimate of drug-likeness (QED) is 0.599. The van der Waals surface area contributed by atoms with Gasteiger partial charge < -0.3 is 15.2 Å². The molecule has 1 aromatic rings. The van der Waals surface area contributed by atoms with Crippen molar-refractivity contribution in [3.8, 4) is 0 Å². The van der Waals surface area contributed by atoms with Crippen LogP contribution < -0.4 is 16.6 Å². The van der Waals surface area contributed by atoms with E-state index in [1.54, 1.807) is 4.90 Å². The van der Waals surface area contributed by atoms with Gasteiger partial charge in [0.05, 0.1) is 0 Å². The average Bonchev–Trinajstić information content (AvgIpc) is 2.84. The topological polar surface area (TPSA) is 98.1 Å². The number of hydrogen-bond acceptors (Lipinski definition) is 4. The zero-order valence-electron chi connectivity index (χ0n) is 10.4. The summed E-state index contributed by atoms with van der Waals surface area (Å²) in [5, 5.41) is 3.29. The second kappa shape index (κ2) is 4.65. The normalized spacial score (nSPS) is 26.2. The van der Waals surface area contributed by atoms with Gasteiger partial charge in [0.25, 0.3) is 11.5 Å². The second-order valence-corrected chi connectivity index (χ2v) is 5.13. The minimum absolute atomic E-state index is 0.0706. The lowest BCUT2D eigenvalue weighted by molar-refractivity contribution is 0.0568. The van der Waals surface area contributed by atoms with Crippen molar-refractivity contribution in [2.24, 2.45) is 5.92 Å². The van der Waals surface area contributed by atoms with E-state index < -0.39 is 11.2 Å². The van der Waals surface area contributed by atoms with Crippen LogP contribution in [-0.2, 0) is 0 Å². The molecule has 2 unspecified atom stereocenters. The average molecular weight is 264 g/mol. The van der Waals surface area contributed by atoms with Crippen LogP contribution in [0.1, 0.15) is 23.3 Å². The lowest BCUT2D eigenvalue weighted by Gasteiger charge is -2.36. The summed E-state index contributed by atoms with van der Waals surface area (Å²) in [6.07, 6.45) is 2.08.